The Labute approximate surface area is 164 Å². The minimum Gasteiger partial charge on any atom is -0.363 e. The van der Waals surface area contributed by atoms with E-state index in [4.69, 9.17) is 0 Å². The topological polar surface area (TPSA) is 79.7 Å². The summed E-state index contributed by atoms with van der Waals surface area (Å²) >= 11 is 0. The zero-order valence-corrected chi connectivity index (χ0v) is 15.7. The molecule has 152 valence electrons. The van der Waals surface area contributed by atoms with Crippen molar-refractivity contribution in [1.29, 1.82) is 0 Å². The molecular weight excluding hydrogens is 385 g/mol. The van der Waals surface area contributed by atoms with Crippen LogP contribution in [0.2, 0.25) is 0 Å². The molecule has 3 aromatic heterocycles. The Bertz CT molecular complexity index is 1090. The van der Waals surface area contributed by atoms with Crippen LogP contribution in [0.5, 0.6) is 0 Å². The second-order valence-corrected chi connectivity index (χ2v) is 7.05. The van der Waals surface area contributed by atoms with E-state index < -0.39 is 12.6 Å². The molecule has 4 heterocycles. The molecule has 0 atom stereocenters. The lowest BCUT2D eigenvalue weighted by Crippen LogP contribution is -2.33. The van der Waals surface area contributed by atoms with Gasteiger partial charge in [-0.15, -0.1) is 0 Å². The molecule has 1 N–H and O–H groups in total. The van der Waals surface area contributed by atoms with Gasteiger partial charge in [0.05, 0.1) is 49.1 Å². The third kappa shape index (κ3) is 4.01. The van der Waals surface area contributed by atoms with E-state index in [2.05, 4.69) is 20.2 Å². The van der Waals surface area contributed by atoms with Crippen LogP contribution in [0.25, 0.3) is 0 Å². The second-order valence-electron chi connectivity index (χ2n) is 7.05. The maximum absolute atomic E-state index is 12.8. The molecular formula is C19H19F3N6O. The van der Waals surface area contributed by atoms with Crippen molar-refractivity contribution in [1.82, 2.24) is 24.7 Å². The van der Waals surface area contributed by atoms with Crippen LogP contribution in [0.1, 0.15) is 28.2 Å². The highest BCUT2D eigenvalue weighted by atomic mass is 19.4. The minimum absolute atomic E-state index is 0.0325. The second kappa shape index (κ2) is 7.34. The van der Waals surface area contributed by atoms with Crippen LogP contribution in [0.15, 0.2) is 35.6 Å². The molecule has 0 bridgehead atoms. The van der Waals surface area contributed by atoms with E-state index in [9.17, 15) is 18.0 Å². The number of rotatable bonds is 4. The highest BCUT2D eigenvalue weighted by Gasteiger charge is 2.30. The lowest BCUT2D eigenvalue weighted by molar-refractivity contribution is -0.128. The fourth-order valence-corrected chi connectivity index (χ4v) is 3.63. The summed E-state index contributed by atoms with van der Waals surface area (Å²) in [5.41, 5.74) is 3.51. The molecule has 29 heavy (non-hydrogen) atoms. The predicted octanol–water partition coefficient (Wildman–Crippen LogP) is 2.39. The number of pyridine rings is 1. The summed E-state index contributed by atoms with van der Waals surface area (Å²) in [6.45, 7) is 3.20. The third-order valence-corrected chi connectivity index (χ3v) is 5.10. The summed E-state index contributed by atoms with van der Waals surface area (Å²) < 4.78 is 40.4. The number of halogens is 3. The van der Waals surface area contributed by atoms with Gasteiger partial charge in [0, 0.05) is 30.4 Å². The van der Waals surface area contributed by atoms with Crippen molar-refractivity contribution in [2.24, 2.45) is 0 Å². The van der Waals surface area contributed by atoms with Gasteiger partial charge in [0.15, 0.2) is 0 Å². The van der Waals surface area contributed by atoms with E-state index in [0.717, 1.165) is 17.1 Å². The Kier molecular flexibility index (Phi) is 4.85. The Morgan fingerprint density at radius 1 is 1.28 bits per heavy atom. The van der Waals surface area contributed by atoms with Gasteiger partial charge in [-0.3, -0.25) is 9.78 Å². The third-order valence-electron chi connectivity index (χ3n) is 5.10. The van der Waals surface area contributed by atoms with Crippen LogP contribution in [-0.2, 0) is 25.9 Å². The quantitative estimate of drug-likeness (QED) is 0.722. The molecule has 0 unspecified atom stereocenters. The van der Waals surface area contributed by atoms with Crippen LogP contribution in [-0.4, -0.2) is 37.5 Å². The number of nitrogens with one attached hydrogen (secondary N) is 1. The van der Waals surface area contributed by atoms with Crippen molar-refractivity contribution in [2.45, 2.75) is 39.0 Å². The molecule has 7 nitrogen and oxygen atoms in total. The lowest BCUT2D eigenvalue weighted by atomic mass is 10.1. The van der Waals surface area contributed by atoms with E-state index in [0.29, 0.717) is 30.6 Å². The summed E-state index contributed by atoms with van der Waals surface area (Å²) in [6.07, 6.45) is -0.0422. The smallest absolute Gasteiger partial charge is 0.363 e. The normalized spacial score (nSPS) is 14.1. The number of fused-ring (bicyclic) bond motifs is 1. The summed E-state index contributed by atoms with van der Waals surface area (Å²) in [5, 5.41) is 6.29. The van der Waals surface area contributed by atoms with Crippen LogP contribution >= 0.6 is 0 Å². The summed E-state index contributed by atoms with van der Waals surface area (Å²) in [6, 6.07) is 3.31. The van der Waals surface area contributed by atoms with Crippen molar-refractivity contribution in [3.63, 3.8) is 0 Å². The monoisotopic (exact) mass is 404 g/mol. The molecule has 0 aliphatic carbocycles. The Hall–Kier alpha value is -3.17. The number of aromatic amines is 1. The highest BCUT2D eigenvalue weighted by molar-refractivity contribution is 5.51. The van der Waals surface area contributed by atoms with Gasteiger partial charge in [0.1, 0.15) is 0 Å². The average Bonchev–Trinajstić information content (AvgIpc) is 3.06. The maximum atomic E-state index is 12.8. The molecule has 0 amide bonds. The number of aromatic nitrogens is 5. The predicted molar refractivity (Wildman–Crippen MR) is 99.7 cm³/mol. The zero-order chi connectivity index (χ0) is 20.6. The van der Waals surface area contributed by atoms with Crippen molar-refractivity contribution >= 4 is 5.69 Å². The van der Waals surface area contributed by atoms with Crippen LogP contribution in [0, 0.1) is 6.92 Å². The first kappa shape index (κ1) is 19.2. The summed E-state index contributed by atoms with van der Waals surface area (Å²) in [4.78, 5) is 22.2. The number of imidazole rings is 1. The molecule has 10 heteroatoms. The standard InChI is InChI=1S/C19H19F3N6O/c1-12-17(8-25-26-18(12)29)27-6-4-16-15(10-27)24-11-28(16)9-13-3-2-5-23-14(13)7-19(20,21)22/h2-3,5,8,11H,4,6-7,9-10H2,1H3,(H,26,29). The van der Waals surface area contributed by atoms with Gasteiger partial charge >= 0.3 is 6.18 Å². The first-order valence-electron chi connectivity index (χ1n) is 9.13. The van der Waals surface area contributed by atoms with Gasteiger partial charge in [-0.25, -0.2) is 10.1 Å². The molecule has 0 saturated heterocycles. The van der Waals surface area contributed by atoms with E-state index in [1.165, 1.54) is 6.20 Å². The largest absolute Gasteiger partial charge is 0.394 e. The van der Waals surface area contributed by atoms with Gasteiger partial charge in [-0.05, 0) is 18.6 Å². The van der Waals surface area contributed by atoms with Gasteiger partial charge in [0.25, 0.3) is 5.56 Å². The van der Waals surface area contributed by atoms with Crippen LogP contribution in [0.3, 0.4) is 0 Å². The van der Waals surface area contributed by atoms with E-state index in [-0.39, 0.29) is 17.8 Å². The highest BCUT2D eigenvalue weighted by Crippen LogP contribution is 2.26. The molecule has 0 saturated carbocycles. The molecule has 0 aromatic carbocycles. The molecule has 4 rings (SSSR count). The first-order chi connectivity index (χ1) is 13.8. The first-order valence-corrected chi connectivity index (χ1v) is 9.13. The SMILES string of the molecule is Cc1c(N2CCc3c(ncn3Cc3cccnc3CC(F)(F)F)C2)cn[nH]c1=O. The Balaban J connectivity index is 1.57. The van der Waals surface area contributed by atoms with E-state index in [1.54, 1.807) is 31.6 Å². The maximum Gasteiger partial charge on any atom is 0.394 e. The van der Waals surface area contributed by atoms with Gasteiger partial charge in [-0.1, -0.05) is 6.07 Å². The average molecular weight is 404 g/mol. The van der Waals surface area contributed by atoms with Crippen LogP contribution in [0.4, 0.5) is 18.9 Å². The number of anilines is 1. The molecule has 3 aromatic rings. The van der Waals surface area contributed by atoms with Crippen molar-refractivity contribution in [2.75, 3.05) is 11.4 Å². The molecule has 0 spiro atoms. The van der Waals surface area contributed by atoms with E-state index in [1.807, 2.05) is 9.47 Å². The van der Waals surface area contributed by atoms with Gasteiger partial charge < -0.3 is 9.47 Å². The number of nitrogens with zero attached hydrogens (tertiary/aromatic N) is 5. The number of hydrogen-bond donors (Lipinski definition) is 1. The number of hydrogen-bond acceptors (Lipinski definition) is 5. The zero-order valence-electron chi connectivity index (χ0n) is 15.7. The Morgan fingerprint density at radius 3 is 2.90 bits per heavy atom. The fourth-order valence-electron chi connectivity index (χ4n) is 3.63. The molecule has 0 fully saturated rings. The number of alkyl halides is 3. The summed E-state index contributed by atoms with van der Waals surface area (Å²) in [5.74, 6) is 0. The summed E-state index contributed by atoms with van der Waals surface area (Å²) in [7, 11) is 0. The van der Waals surface area contributed by atoms with Crippen molar-refractivity contribution in [3.8, 4) is 0 Å². The minimum atomic E-state index is -4.31. The molecule has 1 aliphatic rings. The van der Waals surface area contributed by atoms with Crippen molar-refractivity contribution in [3.05, 3.63) is 69.4 Å². The van der Waals surface area contributed by atoms with Crippen LogP contribution < -0.4 is 10.5 Å². The number of H-pyrrole nitrogens is 1. The van der Waals surface area contributed by atoms with E-state index >= 15 is 0 Å². The van der Waals surface area contributed by atoms with Gasteiger partial charge in [-0.2, -0.15) is 18.3 Å². The molecule has 1 aliphatic heterocycles. The molecule has 0 radical (unpaired) electrons. The fraction of sp³-hybridized carbons (Fsp3) is 0.368. The Morgan fingerprint density at radius 2 is 2.10 bits per heavy atom. The van der Waals surface area contributed by atoms with Gasteiger partial charge in [0.2, 0.25) is 0 Å². The van der Waals surface area contributed by atoms with Crippen molar-refractivity contribution < 1.29 is 13.2 Å². The lowest BCUT2D eigenvalue weighted by Gasteiger charge is -2.29.